The average molecular weight is 211 g/mol. The van der Waals surface area contributed by atoms with Crippen molar-refractivity contribution in [1.29, 1.82) is 0 Å². The molecule has 0 saturated heterocycles. The van der Waals surface area contributed by atoms with Crippen LogP contribution in [-0.4, -0.2) is 5.78 Å². The highest BCUT2D eigenvalue weighted by molar-refractivity contribution is 6.30. The van der Waals surface area contributed by atoms with E-state index in [9.17, 15) is 4.79 Å². The van der Waals surface area contributed by atoms with Gasteiger partial charge in [-0.2, -0.15) is 0 Å². The van der Waals surface area contributed by atoms with Gasteiger partial charge in [-0.25, -0.2) is 0 Å². The van der Waals surface area contributed by atoms with Gasteiger partial charge in [-0.1, -0.05) is 37.6 Å². The Balaban J connectivity index is 2.65. The molecule has 0 radical (unpaired) electrons. The third-order valence-corrected chi connectivity index (χ3v) is 2.62. The van der Waals surface area contributed by atoms with Gasteiger partial charge in [0, 0.05) is 17.9 Å². The molecular weight excluding hydrogens is 196 g/mol. The van der Waals surface area contributed by atoms with Crippen molar-refractivity contribution in [2.45, 2.75) is 32.6 Å². The maximum absolute atomic E-state index is 11.2. The predicted molar refractivity (Wildman–Crippen MR) is 59.8 cm³/mol. The molecule has 1 unspecified atom stereocenters. The van der Waals surface area contributed by atoms with Gasteiger partial charge in [0.15, 0.2) is 0 Å². The van der Waals surface area contributed by atoms with Gasteiger partial charge in [0.05, 0.1) is 0 Å². The first-order valence-corrected chi connectivity index (χ1v) is 5.28. The lowest BCUT2D eigenvalue weighted by Crippen LogP contribution is -2.02. The summed E-state index contributed by atoms with van der Waals surface area (Å²) in [6, 6.07) is 7.69. The summed E-state index contributed by atoms with van der Waals surface area (Å²) in [6.07, 6.45) is 1.25. The molecule has 14 heavy (non-hydrogen) atoms. The van der Waals surface area contributed by atoms with E-state index in [1.54, 1.807) is 0 Å². The molecule has 0 N–H and O–H groups in total. The zero-order valence-corrected chi connectivity index (χ0v) is 9.34. The molecule has 0 aromatic heterocycles. The molecule has 1 aromatic carbocycles. The van der Waals surface area contributed by atoms with Crippen molar-refractivity contribution >= 4 is 17.4 Å². The van der Waals surface area contributed by atoms with Crippen molar-refractivity contribution in [3.63, 3.8) is 0 Å². The maximum Gasteiger partial charge on any atom is 0.133 e. The van der Waals surface area contributed by atoms with Crippen LogP contribution >= 0.6 is 11.6 Å². The van der Waals surface area contributed by atoms with Crippen LogP contribution in [0.4, 0.5) is 0 Å². The Morgan fingerprint density at radius 3 is 2.43 bits per heavy atom. The zero-order chi connectivity index (χ0) is 10.6. The van der Waals surface area contributed by atoms with Crippen LogP contribution in [-0.2, 0) is 4.79 Å². The van der Waals surface area contributed by atoms with Crippen LogP contribution in [0.25, 0.3) is 0 Å². The monoisotopic (exact) mass is 210 g/mol. The van der Waals surface area contributed by atoms with E-state index in [-0.39, 0.29) is 0 Å². The topological polar surface area (TPSA) is 17.1 Å². The standard InChI is InChI=1S/C12H15ClO/c1-3-12(14)8-9(2)10-4-6-11(13)7-5-10/h4-7,9H,3,8H2,1-2H3. The fraction of sp³-hybridized carbons (Fsp3) is 0.417. The van der Waals surface area contributed by atoms with Crippen LogP contribution < -0.4 is 0 Å². The average Bonchev–Trinajstić information content (AvgIpc) is 2.18. The van der Waals surface area contributed by atoms with Gasteiger partial charge in [0.1, 0.15) is 5.78 Å². The lowest BCUT2D eigenvalue weighted by molar-refractivity contribution is -0.119. The molecule has 0 heterocycles. The maximum atomic E-state index is 11.2. The molecule has 0 fully saturated rings. The van der Waals surface area contributed by atoms with Crippen molar-refractivity contribution in [1.82, 2.24) is 0 Å². The summed E-state index contributed by atoms with van der Waals surface area (Å²) in [5, 5.41) is 0.739. The molecule has 0 amide bonds. The summed E-state index contributed by atoms with van der Waals surface area (Å²) in [6.45, 7) is 3.97. The van der Waals surface area contributed by atoms with E-state index in [1.807, 2.05) is 31.2 Å². The lowest BCUT2D eigenvalue weighted by Gasteiger charge is -2.10. The molecule has 76 valence electrons. The highest BCUT2D eigenvalue weighted by atomic mass is 35.5. The fourth-order valence-electron chi connectivity index (χ4n) is 1.40. The Labute approximate surface area is 90.1 Å². The van der Waals surface area contributed by atoms with Crippen molar-refractivity contribution < 1.29 is 4.79 Å². The first-order valence-electron chi connectivity index (χ1n) is 4.90. The minimum absolute atomic E-state index is 0.291. The number of rotatable bonds is 4. The Hall–Kier alpha value is -0.820. The van der Waals surface area contributed by atoms with Gasteiger partial charge in [-0.05, 0) is 23.6 Å². The zero-order valence-electron chi connectivity index (χ0n) is 8.59. The predicted octanol–water partition coefficient (Wildman–Crippen LogP) is 3.81. The Kier molecular flexibility index (Phi) is 4.15. The number of carbonyl (C=O) groups is 1. The molecule has 0 aliphatic rings. The van der Waals surface area contributed by atoms with E-state index in [4.69, 9.17) is 11.6 Å². The van der Waals surface area contributed by atoms with Gasteiger partial charge in [0.2, 0.25) is 0 Å². The summed E-state index contributed by atoms with van der Waals surface area (Å²) in [5.74, 6) is 0.604. The van der Waals surface area contributed by atoms with Crippen LogP contribution in [0.3, 0.4) is 0 Å². The van der Waals surface area contributed by atoms with Crippen LogP contribution in [0.2, 0.25) is 5.02 Å². The largest absolute Gasteiger partial charge is 0.300 e. The Bertz CT molecular complexity index is 303. The summed E-state index contributed by atoms with van der Waals surface area (Å²) < 4.78 is 0. The molecule has 1 rings (SSSR count). The highest BCUT2D eigenvalue weighted by Gasteiger charge is 2.09. The number of benzene rings is 1. The minimum atomic E-state index is 0.291. The van der Waals surface area contributed by atoms with Crippen molar-refractivity contribution in [3.8, 4) is 0 Å². The molecule has 1 aromatic rings. The number of hydrogen-bond donors (Lipinski definition) is 0. The van der Waals surface area contributed by atoms with Gasteiger partial charge in [-0.3, -0.25) is 4.79 Å². The lowest BCUT2D eigenvalue weighted by atomic mass is 9.95. The number of halogens is 1. The van der Waals surface area contributed by atoms with Gasteiger partial charge in [0.25, 0.3) is 0 Å². The van der Waals surface area contributed by atoms with Crippen molar-refractivity contribution in [2.24, 2.45) is 0 Å². The summed E-state index contributed by atoms with van der Waals surface area (Å²) in [7, 11) is 0. The number of ketones is 1. The van der Waals surface area contributed by atoms with E-state index in [2.05, 4.69) is 6.92 Å². The number of carbonyl (C=O) groups excluding carboxylic acids is 1. The van der Waals surface area contributed by atoms with E-state index in [0.29, 0.717) is 24.5 Å². The van der Waals surface area contributed by atoms with Crippen LogP contribution in [0, 0.1) is 0 Å². The first kappa shape index (κ1) is 11.3. The number of hydrogen-bond acceptors (Lipinski definition) is 1. The van der Waals surface area contributed by atoms with E-state index in [1.165, 1.54) is 5.56 Å². The Morgan fingerprint density at radius 1 is 1.36 bits per heavy atom. The molecule has 2 heteroatoms. The van der Waals surface area contributed by atoms with Crippen LogP contribution in [0.1, 0.15) is 38.2 Å². The third kappa shape index (κ3) is 3.15. The first-order chi connectivity index (χ1) is 6.63. The quantitative estimate of drug-likeness (QED) is 0.739. The van der Waals surface area contributed by atoms with E-state index < -0.39 is 0 Å². The fourth-order valence-corrected chi connectivity index (χ4v) is 1.52. The van der Waals surface area contributed by atoms with Crippen LogP contribution in [0.15, 0.2) is 24.3 Å². The number of Topliss-reactive ketones (excluding diaryl/α,β-unsaturated/α-hetero) is 1. The molecule has 0 bridgehead atoms. The summed E-state index contributed by atoms with van der Waals surface area (Å²) >= 11 is 5.78. The second-order valence-corrected chi connectivity index (χ2v) is 3.99. The minimum Gasteiger partial charge on any atom is -0.300 e. The van der Waals surface area contributed by atoms with E-state index >= 15 is 0 Å². The molecule has 1 atom stereocenters. The molecule has 0 saturated carbocycles. The highest BCUT2D eigenvalue weighted by Crippen LogP contribution is 2.21. The van der Waals surface area contributed by atoms with Crippen molar-refractivity contribution in [3.05, 3.63) is 34.9 Å². The molecule has 1 nitrogen and oxygen atoms in total. The van der Waals surface area contributed by atoms with Gasteiger partial charge >= 0.3 is 0 Å². The molecule has 0 aliphatic heterocycles. The smallest absolute Gasteiger partial charge is 0.133 e. The summed E-state index contributed by atoms with van der Waals surface area (Å²) in [4.78, 5) is 11.2. The van der Waals surface area contributed by atoms with Gasteiger partial charge < -0.3 is 0 Å². The molecule has 0 aliphatic carbocycles. The van der Waals surface area contributed by atoms with Crippen molar-refractivity contribution in [2.75, 3.05) is 0 Å². The Morgan fingerprint density at radius 2 is 1.93 bits per heavy atom. The SMILES string of the molecule is CCC(=O)CC(C)c1ccc(Cl)cc1. The van der Waals surface area contributed by atoms with Gasteiger partial charge in [-0.15, -0.1) is 0 Å². The summed E-state index contributed by atoms with van der Waals surface area (Å²) in [5.41, 5.74) is 1.18. The second kappa shape index (κ2) is 5.16. The second-order valence-electron chi connectivity index (χ2n) is 3.55. The normalized spacial score (nSPS) is 12.5. The molecule has 0 spiro atoms. The third-order valence-electron chi connectivity index (χ3n) is 2.37. The van der Waals surface area contributed by atoms with E-state index in [0.717, 1.165) is 5.02 Å². The van der Waals surface area contributed by atoms with Crippen LogP contribution in [0.5, 0.6) is 0 Å². The molecular formula is C12H15ClO.